The van der Waals surface area contributed by atoms with E-state index in [0.717, 1.165) is 13.1 Å². The lowest BCUT2D eigenvalue weighted by molar-refractivity contribution is 0.871. The highest BCUT2D eigenvalue weighted by atomic mass is 15.1. The Hall–Kier alpha value is -2.74. The summed E-state index contributed by atoms with van der Waals surface area (Å²) in [6, 6.07) is 24.1. The second-order valence-corrected chi connectivity index (χ2v) is 6.50. The van der Waals surface area contributed by atoms with Crippen LogP contribution in [0.4, 0.5) is 5.69 Å². The van der Waals surface area contributed by atoms with Gasteiger partial charge in [0.25, 0.3) is 0 Å². The molecule has 0 amide bonds. The highest BCUT2D eigenvalue weighted by Gasteiger charge is 2.16. The maximum Gasteiger partial charge on any atom is 0.0516 e. The molecular weight excluding hydrogens is 304 g/mol. The smallest absolute Gasteiger partial charge is 0.0516 e. The zero-order valence-corrected chi connectivity index (χ0v) is 15.2. The molecule has 2 nitrogen and oxygen atoms in total. The van der Waals surface area contributed by atoms with E-state index in [9.17, 15) is 0 Å². The Labute approximate surface area is 149 Å². The van der Waals surface area contributed by atoms with Crippen molar-refractivity contribution in [1.29, 1.82) is 0 Å². The standard InChI is InChI=1S/C23H24N2/c1-4-25(5-2)22-16-18(17-11-7-6-8-12-17)15-21-23(22)19-13-9-10-14-20(19)24(21)3/h6-16H,4-5H2,1-3H3. The molecule has 0 saturated heterocycles. The van der Waals surface area contributed by atoms with Gasteiger partial charge in [0.05, 0.1) is 5.52 Å². The molecule has 0 N–H and O–H groups in total. The molecule has 2 heteroatoms. The number of hydrogen-bond donors (Lipinski definition) is 0. The SMILES string of the molecule is CCN(CC)c1cc(-c2ccccc2)cc2c1c1ccccc1n2C. The molecule has 0 spiro atoms. The predicted octanol–water partition coefficient (Wildman–Crippen LogP) is 5.84. The number of nitrogens with zero attached hydrogens (tertiary/aromatic N) is 2. The third-order valence-electron chi connectivity index (χ3n) is 5.20. The average molecular weight is 328 g/mol. The van der Waals surface area contributed by atoms with E-state index < -0.39 is 0 Å². The largest absolute Gasteiger partial charge is 0.372 e. The molecule has 0 bridgehead atoms. The van der Waals surface area contributed by atoms with E-state index >= 15 is 0 Å². The molecule has 0 fully saturated rings. The van der Waals surface area contributed by atoms with Crippen molar-refractivity contribution in [3.05, 3.63) is 66.7 Å². The third kappa shape index (κ3) is 2.49. The minimum Gasteiger partial charge on any atom is -0.372 e. The van der Waals surface area contributed by atoms with Crippen LogP contribution in [0.5, 0.6) is 0 Å². The van der Waals surface area contributed by atoms with Gasteiger partial charge in [0.1, 0.15) is 0 Å². The van der Waals surface area contributed by atoms with Crippen molar-refractivity contribution in [2.75, 3.05) is 18.0 Å². The first kappa shape index (κ1) is 15.8. The molecule has 0 radical (unpaired) electrons. The molecule has 4 rings (SSSR count). The average Bonchev–Trinajstić information content (AvgIpc) is 2.96. The van der Waals surface area contributed by atoms with Crippen LogP contribution in [-0.2, 0) is 7.05 Å². The van der Waals surface area contributed by atoms with Crippen molar-refractivity contribution < 1.29 is 0 Å². The summed E-state index contributed by atoms with van der Waals surface area (Å²) < 4.78 is 2.32. The molecule has 0 aliphatic carbocycles. The highest BCUT2D eigenvalue weighted by molar-refractivity contribution is 6.15. The van der Waals surface area contributed by atoms with Gasteiger partial charge < -0.3 is 9.47 Å². The molecule has 1 aromatic heterocycles. The van der Waals surface area contributed by atoms with Crippen molar-refractivity contribution in [3.8, 4) is 11.1 Å². The lowest BCUT2D eigenvalue weighted by Gasteiger charge is -2.23. The molecule has 0 atom stereocenters. The summed E-state index contributed by atoms with van der Waals surface area (Å²) in [4.78, 5) is 2.46. The number of anilines is 1. The predicted molar refractivity (Wildman–Crippen MR) is 109 cm³/mol. The van der Waals surface area contributed by atoms with Gasteiger partial charge in [-0.1, -0.05) is 48.5 Å². The van der Waals surface area contributed by atoms with Gasteiger partial charge in [0, 0.05) is 42.1 Å². The van der Waals surface area contributed by atoms with Crippen molar-refractivity contribution in [2.45, 2.75) is 13.8 Å². The zero-order chi connectivity index (χ0) is 17.4. The fourth-order valence-electron chi connectivity index (χ4n) is 3.87. The van der Waals surface area contributed by atoms with Gasteiger partial charge in [-0.2, -0.15) is 0 Å². The van der Waals surface area contributed by atoms with E-state index in [1.54, 1.807) is 0 Å². The number of rotatable bonds is 4. The molecular formula is C23H24N2. The van der Waals surface area contributed by atoms with Crippen LogP contribution in [0.3, 0.4) is 0 Å². The Kier molecular flexibility index (Phi) is 3.96. The number of fused-ring (bicyclic) bond motifs is 3. The van der Waals surface area contributed by atoms with Crippen LogP contribution in [0.15, 0.2) is 66.7 Å². The normalized spacial score (nSPS) is 11.3. The summed E-state index contributed by atoms with van der Waals surface area (Å²) in [5.74, 6) is 0. The lowest BCUT2D eigenvalue weighted by atomic mass is 10.0. The Balaban J connectivity index is 2.12. The van der Waals surface area contributed by atoms with Crippen LogP contribution < -0.4 is 4.90 Å². The van der Waals surface area contributed by atoms with Crippen molar-refractivity contribution in [2.24, 2.45) is 7.05 Å². The molecule has 4 aromatic rings. The summed E-state index contributed by atoms with van der Waals surface area (Å²) in [5.41, 5.74) is 6.46. The van der Waals surface area contributed by atoms with Crippen molar-refractivity contribution >= 4 is 27.5 Å². The van der Waals surface area contributed by atoms with Crippen molar-refractivity contribution in [1.82, 2.24) is 4.57 Å². The number of benzene rings is 3. The van der Waals surface area contributed by atoms with Crippen molar-refractivity contribution in [3.63, 3.8) is 0 Å². The molecule has 1 heterocycles. The van der Waals surface area contributed by atoms with Crippen LogP contribution >= 0.6 is 0 Å². The maximum atomic E-state index is 2.46. The van der Waals surface area contributed by atoms with Crippen LogP contribution in [-0.4, -0.2) is 17.7 Å². The first-order chi connectivity index (χ1) is 12.2. The Bertz CT molecular complexity index is 1020. The Morgan fingerprint density at radius 3 is 2.16 bits per heavy atom. The van der Waals surface area contributed by atoms with Crippen LogP contribution in [0.1, 0.15) is 13.8 Å². The molecule has 0 unspecified atom stereocenters. The summed E-state index contributed by atoms with van der Waals surface area (Å²) >= 11 is 0. The van der Waals surface area contributed by atoms with Gasteiger partial charge in [-0.25, -0.2) is 0 Å². The van der Waals surface area contributed by atoms with Gasteiger partial charge in [0.2, 0.25) is 0 Å². The third-order valence-corrected chi connectivity index (χ3v) is 5.20. The molecule has 0 aliphatic heterocycles. The lowest BCUT2D eigenvalue weighted by Crippen LogP contribution is -2.22. The first-order valence-corrected chi connectivity index (χ1v) is 9.06. The summed E-state index contributed by atoms with van der Waals surface area (Å²) in [7, 11) is 2.17. The van der Waals surface area contributed by atoms with Gasteiger partial charge in [-0.05, 0) is 43.2 Å². The van der Waals surface area contributed by atoms with E-state index in [-0.39, 0.29) is 0 Å². The zero-order valence-electron chi connectivity index (χ0n) is 15.2. The molecule has 0 aliphatic rings. The highest BCUT2D eigenvalue weighted by Crippen LogP contribution is 2.39. The fourth-order valence-corrected chi connectivity index (χ4v) is 3.87. The van der Waals surface area contributed by atoms with E-state index in [1.165, 1.54) is 38.6 Å². The molecule has 25 heavy (non-hydrogen) atoms. The minimum absolute atomic E-state index is 1.01. The van der Waals surface area contributed by atoms with E-state index in [4.69, 9.17) is 0 Å². The maximum absolute atomic E-state index is 2.46. The van der Waals surface area contributed by atoms with Gasteiger partial charge in [0.15, 0.2) is 0 Å². The number of aryl methyl sites for hydroxylation is 1. The summed E-state index contributed by atoms with van der Waals surface area (Å²) in [6.07, 6.45) is 0. The van der Waals surface area contributed by atoms with Gasteiger partial charge in [-0.3, -0.25) is 0 Å². The quantitative estimate of drug-likeness (QED) is 0.456. The minimum atomic E-state index is 1.01. The van der Waals surface area contributed by atoms with E-state index in [1.807, 2.05) is 0 Å². The fraction of sp³-hybridized carbons (Fsp3) is 0.217. The Morgan fingerprint density at radius 2 is 1.44 bits per heavy atom. The van der Waals surface area contributed by atoms with Gasteiger partial charge >= 0.3 is 0 Å². The topological polar surface area (TPSA) is 8.17 Å². The van der Waals surface area contributed by atoms with Crippen LogP contribution in [0.25, 0.3) is 32.9 Å². The Morgan fingerprint density at radius 1 is 0.760 bits per heavy atom. The molecule has 0 saturated carbocycles. The van der Waals surface area contributed by atoms with E-state index in [0.29, 0.717) is 0 Å². The first-order valence-electron chi connectivity index (χ1n) is 9.06. The summed E-state index contributed by atoms with van der Waals surface area (Å²) in [6.45, 7) is 6.48. The molecule has 3 aromatic carbocycles. The number of hydrogen-bond acceptors (Lipinski definition) is 1. The second-order valence-electron chi connectivity index (χ2n) is 6.50. The van der Waals surface area contributed by atoms with E-state index in [2.05, 4.69) is 97.1 Å². The number of aromatic nitrogens is 1. The van der Waals surface area contributed by atoms with Crippen LogP contribution in [0.2, 0.25) is 0 Å². The molecule has 126 valence electrons. The van der Waals surface area contributed by atoms with Gasteiger partial charge in [-0.15, -0.1) is 0 Å². The second kappa shape index (κ2) is 6.29. The summed E-state index contributed by atoms with van der Waals surface area (Å²) in [5, 5.41) is 2.70. The van der Waals surface area contributed by atoms with Crippen LogP contribution in [0, 0.1) is 0 Å². The monoisotopic (exact) mass is 328 g/mol. The number of para-hydroxylation sites is 1.